The Labute approximate surface area is 87.5 Å². The Balaban J connectivity index is 2.52. The van der Waals surface area contributed by atoms with Gasteiger partial charge < -0.3 is 5.11 Å². The molecular formula is C13H22O. The van der Waals surface area contributed by atoms with E-state index in [9.17, 15) is 5.11 Å². The fraction of sp³-hybridized carbons (Fsp3) is 0.692. The Kier molecular flexibility index (Phi) is 3.54. The van der Waals surface area contributed by atoms with E-state index >= 15 is 0 Å². The Morgan fingerprint density at radius 1 is 1.71 bits per heavy atom. The summed E-state index contributed by atoms with van der Waals surface area (Å²) in [4.78, 5) is 0. The first kappa shape index (κ1) is 11.5. The number of hydrogen-bond donors (Lipinski definition) is 1. The largest absolute Gasteiger partial charge is 0.393 e. The second kappa shape index (κ2) is 4.31. The van der Waals surface area contributed by atoms with Gasteiger partial charge in [0.1, 0.15) is 0 Å². The highest BCUT2D eigenvalue weighted by molar-refractivity contribution is 5.18. The van der Waals surface area contributed by atoms with Crippen LogP contribution in [0.25, 0.3) is 0 Å². The zero-order valence-corrected chi connectivity index (χ0v) is 9.59. The summed E-state index contributed by atoms with van der Waals surface area (Å²) < 4.78 is 0. The van der Waals surface area contributed by atoms with Gasteiger partial charge in [-0.05, 0) is 37.5 Å². The number of rotatable bonds is 4. The molecule has 1 rings (SSSR count). The van der Waals surface area contributed by atoms with Crippen LogP contribution in [0.5, 0.6) is 0 Å². The first-order valence-corrected chi connectivity index (χ1v) is 5.44. The lowest BCUT2D eigenvalue weighted by atomic mass is 9.75. The summed E-state index contributed by atoms with van der Waals surface area (Å²) in [7, 11) is 0. The van der Waals surface area contributed by atoms with E-state index in [4.69, 9.17) is 0 Å². The van der Waals surface area contributed by atoms with Gasteiger partial charge in [0.15, 0.2) is 0 Å². The monoisotopic (exact) mass is 194 g/mol. The fourth-order valence-electron chi connectivity index (χ4n) is 2.21. The third-order valence-corrected chi connectivity index (χ3v) is 3.74. The highest BCUT2D eigenvalue weighted by Gasteiger charge is 2.35. The van der Waals surface area contributed by atoms with E-state index in [0.717, 1.165) is 12.8 Å². The Morgan fingerprint density at radius 3 is 2.79 bits per heavy atom. The second-order valence-corrected chi connectivity index (χ2v) is 4.96. The molecule has 1 heteroatoms. The summed E-state index contributed by atoms with van der Waals surface area (Å²) >= 11 is 0. The molecule has 1 N–H and O–H groups in total. The summed E-state index contributed by atoms with van der Waals surface area (Å²) in [5.74, 6) is 0.595. The molecule has 1 nitrogen and oxygen atoms in total. The molecule has 0 aromatic carbocycles. The maximum absolute atomic E-state index is 9.73. The van der Waals surface area contributed by atoms with Crippen LogP contribution in [-0.2, 0) is 0 Å². The van der Waals surface area contributed by atoms with Crippen LogP contribution in [0, 0.1) is 11.3 Å². The van der Waals surface area contributed by atoms with Crippen LogP contribution >= 0.6 is 0 Å². The van der Waals surface area contributed by atoms with E-state index in [1.807, 2.05) is 0 Å². The minimum absolute atomic E-state index is 0.212. The van der Waals surface area contributed by atoms with Crippen molar-refractivity contribution in [3.8, 4) is 0 Å². The van der Waals surface area contributed by atoms with Gasteiger partial charge in [-0.1, -0.05) is 31.6 Å². The van der Waals surface area contributed by atoms with Crippen molar-refractivity contribution in [1.29, 1.82) is 0 Å². The molecule has 0 aromatic heterocycles. The quantitative estimate of drug-likeness (QED) is 0.681. The van der Waals surface area contributed by atoms with Gasteiger partial charge in [-0.25, -0.2) is 0 Å². The van der Waals surface area contributed by atoms with Crippen molar-refractivity contribution in [3.05, 3.63) is 24.3 Å². The average Bonchev–Trinajstić information content (AvgIpc) is 2.32. The SMILES string of the molecule is C=CCC(O)CC1CC=C(C)C1(C)C. The number of aliphatic hydroxyl groups is 1. The Morgan fingerprint density at radius 2 is 2.36 bits per heavy atom. The van der Waals surface area contributed by atoms with E-state index in [1.165, 1.54) is 5.57 Å². The molecule has 0 spiro atoms. The van der Waals surface area contributed by atoms with Crippen LogP contribution in [0.15, 0.2) is 24.3 Å². The third kappa shape index (κ3) is 2.27. The van der Waals surface area contributed by atoms with E-state index in [0.29, 0.717) is 12.3 Å². The van der Waals surface area contributed by atoms with Crippen molar-refractivity contribution in [3.63, 3.8) is 0 Å². The van der Waals surface area contributed by atoms with E-state index in [1.54, 1.807) is 6.08 Å². The number of allylic oxidation sites excluding steroid dienone is 2. The van der Waals surface area contributed by atoms with Gasteiger partial charge in [-0.15, -0.1) is 6.58 Å². The number of aliphatic hydroxyl groups excluding tert-OH is 1. The maximum Gasteiger partial charge on any atom is 0.0577 e. The highest BCUT2D eigenvalue weighted by atomic mass is 16.3. The molecule has 0 fully saturated rings. The van der Waals surface area contributed by atoms with Gasteiger partial charge in [0.25, 0.3) is 0 Å². The molecule has 80 valence electrons. The standard InChI is InChI=1S/C13H22O/c1-5-6-12(14)9-11-8-7-10(2)13(11,3)4/h5,7,11-12,14H,1,6,8-9H2,2-4H3. The number of hydrogen-bond acceptors (Lipinski definition) is 1. The van der Waals surface area contributed by atoms with Crippen molar-refractivity contribution in [2.24, 2.45) is 11.3 Å². The lowest BCUT2D eigenvalue weighted by Gasteiger charge is -2.31. The van der Waals surface area contributed by atoms with E-state index in [-0.39, 0.29) is 11.5 Å². The summed E-state index contributed by atoms with van der Waals surface area (Å²) in [5, 5.41) is 9.73. The first-order valence-electron chi connectivity index (χ1n) is 5.44. The van der Waals surface area contributed by atoms with Crippen LogP contribution in [0.3, 0.4) is 0 Å². The smallest absolute Gasteiger partial charge is 0.0577 e. The van der Waals surface area contributed by atoms with Gasteiger partial charge >= 0.3 is 0 Å². The van der Waals surface area contributed by atoms with Crippen molar-refractivity contribution >= 4 is 0 Å². The van der Waals surface area contributed by atoms with Crippen molar-refractivity contribution in [2.75, 3.05) is 0 Å². The topological polar surface area (TPSA) is 20.2 Å². The predicted molar refractivity (Wildman–Crippen MR) is 61.1 cm³/mol. The van der Waals surface area contributed by atoms with Crippen molar-refractivity contribution in [1.82, 2.24) is 0 Å². The Bertz CT molecular complexity index is 238. The van der Waals surface area contributed by atoms with Crippen LogP contribution in [-0.4, -0.2) is 11.2 Å². The fourth-order valence-corrected chi connectivity index (χ4v) is 2.21. The molecule has 0 bridgehead atoms. The second-order valence-electron chi connectivity index (χ2n) is 4.96. The van der Waals surface area contributed by atoms with Gasteiger partial charge in [0.2, 0.25) is 0 Å². The zero-order chi connectivity index (χ0) is 10.8. The molecular weight excluding hydrogens is 172 g/mol. The molecule has 0 saturated carbocycles. The molecule has 0 aromatic rings. The van der Waals surface area contributed by atoms with E-state index < -0.39 is 0 Å². The molecule has 2 unspecified atom stereocenters. The minimum Gasteiger partial charge on any atom is -0.393 e. The molecule has 0 radical (unpaired) electrons. The Hall–Kier alpha value is -0.560. The molecule has 0 aliphatic heterocycles. The summed E-state index contributed by atoms with van der Waals surface area (Å²) in [5.41, 5.74) is 1.73. The van der Waals surface area contributed by atoms with Crippen LogP contribution in [0.4, 0.5) is 0 Å². The summed E-state index contributed by atoms with van der Waals surface area (Å²) in [6, 6.07) is 0. The molecule has 0 amide bonds. The highest BCUT2D eigenvalue weighted by Crippen LogP contribution is 2.45. The minimum atomic E-state index is -0.212. The summed E-state index contributed by atoms with van der Waals surface area (Å²) in [6.45, 7) is 10.4. The molecule has 1 aliphatic rings. The van der Waals surface area contributed by atoms with Crippen LogP contribution in [0.1, 0.15) is 40.0 Å². The average molecular weight is 194 g/mol. The maximum atomic E-state index is 9.73. The van der Waals surface area contributed by atoms with Gasteiger partial charge in [-0.2, -0.15) is 0 Å². The van der Waals surface area contributed by atoms with Gasteiger partial charge in [0.05, 0.1) is 6.10 Å². The first-order chi connectivity index (χ1) is 6.48. The van der Waals surface area contributed by atoms with E-state index in [2.05, 4.69) is 33.4 Å². The molecule has 0 saturated heterocycles. The van der Waals surface area contributed by atoms with Crippen LogP contribution < -0.4 is 0 Å². The molecule has 0 heterocycles. The van der Waals surface area contributed by atoms with Crippen LogP contribution in [0.2, 0.25) is 0 Å². The van der Waals surface area contributed by atoms with Crippen molar-refractivity contribution in [2.45, 2.75) is 46.1 Å². The molecule has 2 atom stereocenters. The molecule has 1 aliphatic carbocycles. The normalized spacial score (nSPS) is 27.1. The van der Waals surface area contributed by atoms with Gasteiger partial charge in [-0.3, -0.25) is 0 Å². The lowest BCUT2D eigenvalue weighted by Crippen LogP contribution is -2.24. The summed E-state index contributed by atoms with van der Waals surface area (Å²) in [6.07, 6.45) is 6.63. The molecule has 14 heavy (non-hydrogen) atoms. The third-order valence-electron chi connectivity index (χ3n) is 3.74. The zero-order valence-electron chi connectivity index (χ0n) is 9.59. The van der Waals surface area contributed by atoms with Crippen molar-refractivity contribution < 1.29 is 5.11 Å². The lowest BCUT2D eigenvalue weighted by molar-refractivity contribution is 0.118. The predicted octanol–water partition coefficient (Wildman–Crippen LogP) is 3.31. The van der Waals surface area contributed by atoms with Gasteiger partial charge in [0, 0.05) is 0 Å².